The maximum absolute atomic E-state index is 12.0. The van der Waals surface area contributed by atoms with Crippen LogP contribution in [-0.4, -0.2) is 19.0 Å². The third-order valence-corrected chi connectivity index (χ3v) is 4.24. The van der Waals surface area contributed by atoms with E-state index in [4.69, 9.17) is 0 Å². The van der Waals surface area contributed by atoms with Gasteiger partial charge in [0.15, 0.2) is 0 Å². The lowest BCUT2D eigenvalue weighted by Crippen LogP contribution is -2.35. The van der Waals surface area contributed by atoms with E-state index in [1.54, 1.807) is 11.3 Å². The van der Waals surface area contributed by atoms with Gasteiger partial charge in [-0.2, -0.15) is 0 Å². The first-order valence-electron chi connectivity index (χ1n) is 5.73. The molecule has 16 heavy (non-hydrogen) atoms. The van der Waals surface area contributed by atoms with Crippen molar-refractivity contribution in [1.29, 1.82) is 0 Å². The third kappa shape index (κ3) is 2.44. The van der Waals surface area contributed by atoms with Gasteiger partial charge in [0.25, 0.3) is 0 Å². The molecule has 4 heteroatoms. The average Bonchev–Trinajstić information content (AvgIpc) is 2.86. The van der Waals surface area contributed by atoms with Crippen LogP contribution in [0.4, 0.5) is 0 Å². The molecule has 0 spiro atoms. The molecule has 1 fully saturated rings. The van der Waals surface area contributed by atoms with Crippen LogP contribution in [0.5, 0.6) is 0 Å². The largest absolute Gasteiger partial charge is 0.348 e. The van der Waals surface area contributed by atoms with Gasteiger partial charge in [-0.05, 0) is 30.8 Å². The molecular weight excluding hydrogens is 220 g/mol. The van der Waals surface area contributed by atoms with Gasteiger partial charge in [0.2, 0.25) is 5.91 Å². The molecule has 1 aliphatic rings. The summed E-state index contributed by atoms with van der Waals surface area (Å²) in [5.74, 6) is 0.747. The van der Waals surface area contributed by atoms with E-state index in [0.29, 0.717) is 5.92 Å². The molecule has 2 heterocycles. The summed E-state index contributed by atoms with van der Waals surface area (Å²) in [7, 11) is 0. The molecule has 1 aromatic heterocycles. The van der Waals surface area contributed by atoms with Crippen molar-refractivity contribution in [3.8, 4) is 0 Å². The summed E-state index contributed by atoms with van der Waals surface area (Å²) in [6, 6.07) is 4.20. The van der Waals surface area contributed by atoms with Crippen LogP contribution in [0.3, 0.4) is 0 Å². The minimum atomic E-state index is 0.125. The summed E-state index contributed by atoms with van der Waals surface area (Å²) in [4.78, 5) is 13.2. The van der Waals surface area contributed by atoms with Gasteiger partial charge in [-0.3, -0.25) is 4.79 Å². The molecule has 3 nitrogen and oxygen atoms in total. The van der Waals surface area contributed by atoms with Crippen LogP contribution in [0.1, 0.15) is 24.8 Å². The lowest BCUT2D eigenvalue weighted by atomic mass is 9.97. The van der Waals surface area contributed by atoms with E-state index in [2.05, 4.69) is 23.6 Å². The molecule has 0 radical (unpaired) electrons. The topological polar surface area (TPSA) is 41.1 Å². The van der Waals surface area contributed by atoms with E-state index in [1.807, 2.05) is 18.4 Å². The van der Waals surface area contributed by atoms with Crippen LogP contribution < -0.4 is 10.6 Å². The molecule has 2 rings (SSSR count). The van der Waals surface area contributed by atoms with Crippen molar-refractivity contribution in [1.82, 2.24) is 10.6 Å². The van der Waals surface area contributed by atoms with Crippen LogP contribution in [-0.2, 0) is 4.79 Å². The molecule has 0 saturated carbocycles. The van der Waals surface area contributed by atoms with Crippen LogP contribution >= 0.6 is 11.3 Å². The van der Waals surface area contributed by atoms with Crippen molar-refractivity contribution in [2.45, 2.75) is 19.9 Å². The smallest absolute Gasteiger partial charge is 0.225 e. The Morgan fingerprint density at radius 3 is 3.00 bits per heavy atom. The van der Waals surface area contributed by atoms with Gasteiger partial charge in [-0.25, -0.2) is 0 Å². The van der Waals surface area contributed by atoms with Crippen molar-refractivity contribution in [3.05, 3.63) is 22.4 Å². The van der Waals surface area contributed by atoms with E-state index in [0.717, 1.165) is 13.1 Å². The number of rotatable bonds is 3. The predicted molar refractivity (Wildman–Crippen MR) is 66.4 cm³/mol. The van der Waals surface area contributed by atoms with Gasteiger partial charge in [0.1, 0.15) is 0 Å². The molecule has 3 atom stereocenters. The molecule has 2 N–H and O–H groups in total. The molecule has 1 aliphatic heterocycles. The third-order valence-electron chi connectivity index (χ3n) is 3.18. The van der Waals surface area contributed by atoms with Crippen molar-refractivity contribution < 1.29 is 4.79 Å². The maximum Gasteiger partial charge on any atom is 0.225 e. The van der Waals surface area contributed by atoms with Crippen LogP contribution in [0, 0.1) is 11.8 Å². The Kier molecular flexibility index (Phi) is 3.61. The molecule has 0 bridgehead atoms. The van der Waals surface area contributed by atoms with Crippen LogP contribution in [0.2, 0.25) is 0 Å². The fraction of sp³-hybridized carbons (Fsp3) is 0.583. The van der Waals surface area contributed by atoms with Crippen molar-refractivity contribution >= 4 is 17.2 Å². The van der Waals surface area contributed by atoms with Gasteiger partial charge in [0, 0.05) is 11.4 Å². The van der Waals surface area contributed by atoms with E-state index >= 15 is 0 Å². The summed E-state index contributed by atoms with van der Waals surface area (Å²) in [6.07, 6.45) is 0. The highest BCUT2D eigenvalue weighted by molar-refractivity contribution is 7.10. The van der Waals surface area contributed by atoms with Crippen LogP contribution in [0.15, 0.2) is 17.5 Å². The van der Waals surface area contributed by atoms with Crippen molar-refractivity contribution in [2.24, 2.45) is 11.8 Å². The van der Waals surface area contributed by atoms with Gasteiger partial charge >= 0.3 is 0 Å². The summed E-state index contributed by atoms with van der Waals surface area (Å²) in [5.41, 5.74) is 0. The second kappa shape index (κ2) is 4.97. The molecule has 0 aliphatic carbocycles. The highest BCUT2D eigenvalue weighted by Gasteiger charge is 2.30. The van der Waals surface area contributed by atoms with Gasteiger partial charge in [-0.1, -0.05) is 13.0 Å². The molecule has 0 aromatic carbocycles. The van der Waals surface area contributed by atoms with Crippen molar-refractivity contribution in [2.75, 3.05) is 13.1 Å². The van der Waals surface area contributed by atoms with Gasteiger partial charge in [-0.15, -0.1) is 11.3 Å². The zero-order valence-corrected chi connectivity index (χ0v) is 10.5. The standard InChI is InChI=1S/C12H18N2OS/c1-8-6-13-7-10(8)12(15)14-9(2)11-4-3-5-16-11/h3-5,8-10,13H,6-7H2,1-2H3,(H,14,15)/t8-,9-,10-/m1/s1. The normalized spacial score (nSPS) is 26.6. The summed E-state index contributed by atoms with van der Waals surface area (Å²) in [5, 5.41) is 8.38. The fourth-order valence-corrected chi connectivity index (χ4v) is 2.82. The second-order valence-electron chi connectivity index (χ2n) is 4.49. The molecule has 1 saturated heterocycles. The molecule has 88 valence electrons. The predicted octanol–water partition coefficient (Wildman–Crippen LogP) is 1.78. The number of hydrogen-bond donors (Lipinski definition) is 2. The SMILES string of the molecule is C[C@@H]1CNC[C@H]1C(=O)N[C@H](C)c1cccs1. The zero-order chi connectivity index (χ0) is 11.5. The lowest BCUT2D eigenvalue weighted by Gasteiger charge is -2.18. The fourth-order valence-electron chi connectivity index (χ4n) is 2.09. The first-order chi connectivity index (χ1) is 7.68. The first-order valence-corrected chi connectivity index (χ1v) is 6.61. The second-order valence-corrected chi connectivity index (χ2v) is 5.47. The number of carbonyl (C=O) groups excluding carboxylic acids is 1. The highest BCUT2D eigenvalue weighted by Crippen LogP contribution is 2.21. The number of hydrogen-bond acceptors (Lipinski definition) is 3. The van der Waals surface area contributed by atoms with Gasteiger partial charge in [0.05, 0.1) is 12.0 Å². The monoisotopic (exact) mass is 238 g/mol. The Hall–Kier alpha value is -0.870. The maximum atomic E-state index is 12.0. The Labute approximate surface area is 100 Å². The molecule has 0 unspecified atom stereocenters. The summed E-state index contributed by atoms with van der Waals surface area (Å²) in [6.45, 7) is 5.92. The minimum Gasteiger partial charge on any atom is -0.348 e. The van der Waals surface area contributed by atoms with Gasteiger partial charge < -0.3 is 10.6 Å². The summed E-state index contributed by atoms with van der Waals surface area (Å²) < 4.78 is 0. The number of amides is 1. The highest BCUT2D eigenvalue weighted by atomic mass is 32.1. The van der Waals surface area contributed by atoms with E-state index in [9.17, 15) is 4.79 Å². The number of thiophene rings is 1. The van der Waals surface area contributed by atoms with Crippen molar-refractivity contribution in [3.63, 3.8) is 0 Å². The minimum absolute atomic E-state index is 0.125. The van der Waals surface area contributed by atoms with E-state index < -0.39 is 0 Å². The van der Waals surface area contributed by atoms with E-state index in [-0.39, 0.29) is 17.9 Å². The zero-order valence-electron chi connectivity index (χ0n) is 9.69. The average molecular weight is 238 g/mol. The lowest BCUT2D eigenvalue weighted by molar-refractivity contribution is -0.126. The van der Waals surface area contributed by atoms with E-state index in [1.165, 1.54) is 4.88 Å². The quantitative estimate of drug-likeness (QED) is 0.843. The molecule has 1 aromatic rings. The Bertz CT molecular complexity index is 350. The molecular formula is C12H18N2OS. The summed E-state index contributed by atoms with van der Waals surface area (Å²) >= 11 is 1.69. The van der Waals surface area contributed by atoms with Crippen LogP contribution in [0.25, 0.3) is 0 Å². The molecule has 1 amide bonds. The number of carbonyl (C=O) groups is 1. The first kappa shape index (κ1) is 11.6. The number of nitrogens with one attached hydrogen (secondary N) is 2. The Morgan fingerprint density at radius 2 is 2.44 bits per heavy atom. The Balaban J connectivity index is 1.92. The Morgan fingerprint density at radius 1 is 1.62 bits per heavy atom.